The van der Waals surface area contributed by atoms with Crippen molar-refractivity contribution >= 4 is 24.0 Å². The fourth-order valence-electron chi connectivity index (χ4n) is 0.789. The summed E-state index contributed by atoms with van der Waals surface area (Å²) in [5, 5.41) is -0.827. The average molecular weight is 215 g/mol. The van der Waals surface area contributed by atoms with Gasteiger partial charge in [-0.15, -0.1) is 0 Å². The highest BCUT2D eigenvalue weighted by atomic mass is 35.5. The van der Waals surface area contributed by atoms with Gasteiger partial charge in [0.1, 0.15) is 0 Å². The molecule has 0 aliphatic carbocycles. The van der Waals surface area contributed by atoms with Crippen LogP contribution in [-0.2, 0) is 0 Å². The lowest BCUT2D eigenvalue weighted by Gasteiger charge is -2.16. The van der Waals surface area contributed by atoms with Crippen LogP contribution in [0.3, 0.4) is 0 Å². The Labute approximate surface area is 75.4 Å². The summed E-state index contributed by atoms with van der Waals surface area (Å²) < 4.78 is 60.8. The molecule has 0 nitrogen and oxygen atoms in total. The molecule has 0 aliphatic rings. The maximum atomic E-state index is 12.4. The van der Waals surface area contributed by atoms with Gasteiger partial charge in [-0.3, -0.25) is 0 Å². The van der Waals surface area contributed by atoms with E-state index in [0.717, 1.165) is 0 Å². The van der Waals surface area contributed by atoms with Gasteiger partial charge in [-0.2, -0.15) is 0 Å². The van der Waals surface area contributed by atoms with E-state index in [1.165, 1.54) is 0 Å². The van der Waals surface area contributed by atoms with E-state index in [-0.39, 0.29) is 6.07 Å². The Hall–Kier alpha value is -0.775. The second-order valence-corrected chi connectivity index (χ2v) is 2.77. The molecule has 0 saturated carbocycles. The molecule has 72 valence electrons. The third-order valence-electron chi connectivity index (χ3n) is 1.39. The Morgan fingerprint density at radius 2 is 1.46 bits per heavy atom. The lowest BCUT2D eigenvalue weighted by molar-refractivity contribution is 0.493. The van der Waals surface area contributed by atoms with E-state index in [1.807, 2.05) is 0 Å². The minimum Gasteiger partial charge on any atom is -0.445 e. The normalized spacial score (nSPS) is 11.8. The number of halogens is 6. The molecule has 0 aliphatic heterocycles. The van der Waals surface area contributed by atoms with Gasteiger partial charge in [0, 0.05) is 5.02 Å². The summed E-state index contributed by atoms with van der Waals surface area (Å²) >= 11 is 5.08. The van der Waals surface area contributed by atoms with Crippen molar-refractivity contribution in [3.63, 3.8) is 0 Å². The van der Waals surface area contributed by atoms with Gasteiger partial charge in [0.25, 0.3) is 0 Å². The van der Waals surface area contributed by atoms with Crippen LogP contribution in [0.15, 0.2) is 12.1 Å². The smallest absolute Gasteiger partial charge is 0.445 e. The van der Waals surface area contributed by atoms with Crippen molar-refractivity contribution in [1.82, 2.24) is 0 Å². The molecule has 0 N–H and O–H groups in total. The fraction of sp³-hybridized carbons (Fsp3) is 0. The van der Waals surface area contributed by atoms with Gasteiger partial charge >= 0.3 is 6.98 Å². The van der Waals surface area contributed by atoms with Crippen LogP contribution >= 0.6 is 11.6 Å². The predicted molar refractivity (Wildman–Crippen MR) is 40.1 cm³/mol. The zero-order valence-corrected chi connectivity index (χ0v) is 6.76. The van der Waals surface area contributed by atoms with Gasteiger partial charge in [0.05, 0.1) is 0 Å². The molecule has 1 aromatic carbocycles. The van der Waals surface area contributed by atoms with Crippen LogP contribution in [0.5, 0.6) is 0 Å². The molecule has 0 bridgehead atoms. The molecule has 1 rings (SSSR count). The van der Waals surface area contributed by atoms with Crippen molar-refractivity contribution < 1.29 is 21.7 Å². The Kier molecular flexibility index (Phi) is 2.52. The topological polar surface area (TPSA) is 0 Å². The first-order valence-corrected chi connectivity index (χ1v) is 3.54. The first-order valence-electron chi connectivity index (χ1n) is 3.16. The van der Waals surface area contributed by atoms with E-state index in [9.17, 15) is 21.7 Å². The molecule has 0 spiro atoms. The predicted octanol–water partition coefficient (Wildman–Crippen LogP) is 2.67. The molecule has 0 atom stereocenters. The number of hydrogen-bond acceptors (Lipinski definition) is 0. The molecule has 13 heavy (non-hydrogen) atoms. The van der Waals surface area contributed by atoms with Crippen molar-refractivity contribution in [1.29, 1.82) is 0 Å². The van der Waals surface area contributed by atoms with Crippen LogP contribution < -0.4 is 5.46 Å². The summed E-state index contributed by atoms with van der Waals surface area (Å²) in [6, 6.07) is 0.360. The van der Waals surface area contributed by atoms with Gasteiger partial charge in [0.2, 0.25) is 0 Å². The van der Waals surface area contributed by atoms with Crippen LogP contribution in [0.1, 0.15) is 0 Å². The first kappa shape index (κ1) is 10.3. The van der Waals surface area contributed by atoms with E-state index in [2.05, 4.69) is 0 Å². The highest BCUT2D eigenvalue weighted by Crippen LogP contribution is 2.18. The lowest BCUT2D eigenvalue weighted by atomic mass is 9.80. The van der Waals surface area contributed by atoms with Crippen LogP contribution in [0.2, 0.25) is 5.02 Å². The minimum atomic E-state index is -5.40. The van der Waals surface area contributed by atoms with Crippen molar-refractivity contribution in [3.8, 4) is 0 Å². The monoisotopic (exact) mass is 215 g/mol. The van der Waals surface area contributed by atoms with Crippen molar-refractivity contribution in [3.05, 3.63) is 28.8 Å². The van der Waals surface area contributed by atoms with E-state index in [0.29, 0.717) is 6.07 Å². The van der Waals surface area contributed by atoms with Crippen LogP contribution in [-0.4, -0.2) is 6.98 Å². The van der Waals surface area contributed by atoms with E-state index in [1.54, 1.807) is 0 Å². The molecule has 0 radical (unpaired) electrons. The molecule has 7 heteroatoms. The average Bonchev–Trinajstić information content (AvgIpc) is 1.94. The lowest BCUT2D eigenvalue weighted by Crippen LogP contribution is -2.35. The summed E-state index contributed by atoms with van der Waals surface area (Å²) in [6.45, 7) is -5.40. The maximum absolute atomic E-state index is 12.4. The third-order valence-corrected chi connectivity index (χ3v) is 1.72. The van der Waals surface area contributed by atoms with Crippen LogP contribution in [0, 0.1) is 11.6 Å². The molecule has 1 aromatic rings. The first-order chi connectivity index (χ1) is 5.82. The van der Waals surface area contributed by atoms with Gasteiger partial charge in [-0.05, 0) is 12.1 Å². The molecular weight excluding hydrogens is 213 g/mol. The summed E-state index contributed by atoms with van der Waals surface area (Å²) in [4.78, 5) is 0. The second kappa shape index (κ2) is 3.18. The van der Waals surface area contributed by atoms with Gasteiger partial charge < -0.3 is 12.9 Å². The molecular formula is C6H2BClF5-. The van der Waals surface area contributed by atoms with Gasteiger partial charge in [-0.1, -0.05) is 17.1 Å². The molecule has 0 aromatic heterocycles. The summed E-state index contributed by atoms with van der Waals surface area (Å²) in [7, 11) is 0. The molecule has 0 amide bonds. The fourth-order valence-corrected chi connectivity index (χ4v) is 1.06. The largest absolute Gasteiger partial charge is 0.511 e. The third kappa shape index (κ3) is 2.12. The van der Waals surface area contributed by atoms with Gasteiger partial charge in [-0.25, -0.2) is 8.78 Å². The SMILES string of the molecule is Fc1cc(Cl)c([B-](F)(F)F)cc1F. The summed E-state index contributed by atoms with van der Waals surface area (Å²) in [6.07, 6.45) is 0. The Morgan fingerprint density at radius 3 is 1.92 bits per heavy atom. The Balaban J connectivity index is 3.32. The quantitative estimate of drug-likeness (QED) is 0.384. The summed E-state index contributed by atoms with van der Waals surface area (Å²) in [5.74, 6) is -2.95. The minimum absolute atomic E-state index is 0.0532. The Morgan fingerprint density at radius 1 is 1.00 bits per heavy atom. The number of rotatable bonds is 1. The number of benzene rings is 1. The van der Waals surface area contributed by atoms with Crippen molar-refractivity contribution in [2.24, 2.45) is 0 Å². The highest BCUT2D eigenvalue weighted by Gasteiger charge is 2.29. The van der Waals surface area contributed by atoms with Crippen molar-refractivity contribution in [2.75, 3.05) is 0 Å². The van der Waals surface area contributed by atoms with Crippen LogP contribution in [0.25, 0.3) is 0 Å². The second-order valence-electron chi connectivity index (χ2n) is 2.36. The summed E-state index contributed by atoms with van der Waals surface area (Å²) in [5.41, 5.74) is -1.32. The van der Waals surface area contributed by atoms with Crippen molar-refractivity contribution in [2.45, 2.75) is 0 Å². The molecule has 0 fully saturated rings. The number of hydrogen-bond donors (Lipinski definition) is 0. The molecule has 0 saturated heterocycles. The zero-order valence-electron chi connectivity index (χ0n) is 6.00. The van der Waals surface area contributed by atoms with E-state index >= 15 is 0 Å². The highest BCUT2D eigenvalue weighted by molar-refractivity contribution is 6.75. The Bertz CT molecular complexity index is 335. The van der Waals surface area contributed by atoms with Crippen LogP contribution in [0.4, 0.5) is 21.7 Å². The zero-order chi connectivity index (χ0) is 10.2. The van der Waals surface area contributed by atoms with Gasteiger partial charge in [0.15, 0.2) is 11.6 Å². The van der Waals surface area contributed by atoms with E-state index < -0.39 is 29.1 Å². The van der Waals surface area contributed by atoms with E-state index in [4.69, 9.17) is 11.6 Å². The molecule has 0 heterocycles. The molecule has 0 unspecified atom stereocenters. The standard InChI is InChI=1S/C6H2BClF5/c8-4-2-6(10)5(9)1-3(4)7(11,12)13/h1-2H/q-1. The maximum Gasteiger partial charge on any atom is 0.511 e.